The van der Waals surface area contributed by atoms with Gasteiger partial charge in [-0.2, -0.15) is 0 Å². The molecule has 0 saturated carbocycles. The third-order valence-electron chi connectivity index (χ3n) is 1.91. The molecule has 0 aliphatic heterocycles. The van der Waals surface area contributed by atoms with Crippen LogP contribution in [0.25, 0.3) is 0 Å². The Bertz CT molecular complexity index is 338. The first-order valence-electron chi connectivity index (χ1n) is 5.32. The van der Waals surface area contributed by atoms with Crippen molar-refractivity contribution in [2.24, 2.45) is 0 Å². The number of rotatable bonds is 6. The van der Waals surface area contributed by atoms with E-state index in [1.807, 2.05) is 26.0 Å². The highest BCUT2D eigenvalue weighted by atomic mass is 35.5. The van der Waals surface area contributed by atoms with Crippen molar-refractivity contribution < 1.29 is 4.79 Å². The summed E-state index contributed by atoms with van der Waals surface area (Å²) in [5.41, 5.74) is 0. The Balaban J connectivity index is 2.10. The Kier molecular flexibility index (Phi) is 5.80. The van der Waals surface area contributed by atoms with Crippen molar-refractivity contribution in [3.05, 3.63) is 21.3 Å². The molecule has 0 atom stereocenters. The van der Waals surface area contributed by atoms with Crippen molar-refractivity contribution in [3.8, 4) is 0 Å². The minimum atomic E-state index is 0.0409. The van der Waals surface area contributed by atoms with E-state index >= 15 is 0 Å². The number of halogens is 1. The van der Waals surface area contributed by atoms with Crippen LogP contribution < -0.4 is 10.6 Å². The lowest BCUT2D eigenvalue weighted by Crippen LogP contribution is -2.38. The summed E-state index contributed by atoms with van der Waals surface area (Å²) in [6.45, 7) is 5.07. The molecule has 1 rings (SSSR count). The van der Waals surface area contributed by atoms with Crippen molar-refractivity contribution in [2.45, 2.75) is 26.3 Å². The number of nitrogens with one attached hydrogen (secondary N) is 2. The zero-order valence-electron chi connectivity index (χ0n) is 9.55. The van der Waals surface area contributed by atoms with Crippen molar-refractivity contribution in [1.29, 1.82) is 0 Å². The normalized spacial score (nSPS) is 10.8. The molecule has 1 amide bonds. The maximum atomic E-state index is 11.3. The maximum Gasteiger partial charge on any atom is 0.234 e. The van der Waals surface area contributed by atoms with Crippen LogP contribution in [-0.2, 0) is 11.2 Å². The minimum absolute atomic E-state index is 0.0409. The third kappa shape index (κ3) is 5.49. The van der Waals surface area contributed by atoms with Crippen LogP contribution in [0.3, 0.4) is 0 Å². The van der Waals surface area contributed by atoms with E-state index in [0.717, 1.165) is 17.3 Å². The van der Waals surface area contributed by atoms with E-state index < -0.39 is 0 Å². The van der Waals surface area contributed by atoms with Crippen LogP contribution in [0.4, 0.5) is 0 Å². The fourth-order valence-electron chi connectivity index (χ4n) is 1.27. The number of amides is 1. The van der Waals surface area contributed by atoms with Crippen molar-refractivity contribution in [1.82, 2.24) is 10.6 Å². The highest BCUT2D eigenvalue weighted by Crippen LogP contribution is 2.21. The van der Waals surface area contributed by atoms with E-state index in [4.69, 9.17) is 11.6 Å². The van der Waals surface area contributed by atoms with E-state index in [9.17, 15) is 4.79 Å². The first-order valence-corrected chi connectivity index (χ1v) is 6.51. The largest absolute Gasteiger partial charge is 0.353 e. The monoisotopic (exact) mass is 260 g/mol. The van der Waals surface area contributed by atoms with Crippen LogP contribution >= 0.6 is 22.9 Å². The van der Waals surface area contributed by atoms with E-state index in [1.54, 1.807) is 11.3 Å². The van der Waals surface area contributed by atoms with Gasteiger partial charge in [0, 0.05) is 17.5 Å². The highest BCUT2D eigenvalue weighted by Gasteiger charge is 2.02. The first kappa shape index (κ1) is 13.5. The Morgan fingerprint density at radius 2 is 2.25 bits per heavy atom. The summed E-state index contributed by atoms with van der Waals surface area (Å²) in [7, 11) is 0. The van der Waals surface area contributed by atoms with Gasteiger partial charge in [-0.05, 0) is 32.4 Å². The topological polar surface area (TPSA) is 41.1 Å². The average Bonchev–Trinajstić information content (AvgIpc) is 2.58. The lowest BCUT2D eigenvalue weighted by Gasteiger charge is -2.08. The molecule has 0 fully saturated rings. The van der Waals surface area contributed by atoms with Gasteiger partial charge in [0.1, 0.15) is 0 Å². The van der Waals surface area contributed by atoms with E-state index in [0.29, 0.717) is 6.54 Å². The second-order valence-electron chi connectivity index (χ2n) is 3.85. The molecule has 0 radical (unpaired) electrons. The minimum Gasteiger partial charge on any atom is -0.353 e. The van der Waals surface area contributed by atoms with Crippen molar-refractivity contribution >= 4 is 28.8 Å². The maximum absolute atomic E-state index is 11.3. The standard InChI is InChI=1S/C11H17ClN2OS/c1-8(2)14-11(15)7-13-6-5-9-3-4-10(12)16-9/h3-4,8,13H,5-7H2,1-2H3,(H,14,15). The van der Waals surface area contributed by atoms with Crippen LogP contribution in [0.1, 0.15) is 18.7 Å². The van der Waals surface area contributed by atoms with Gasteiger partial charge in [-0.15, -0.1) is 11.3 Å². The Labute approximate surface area is 105 Å². The summed E-state index contributed by atoms with van der Waals surface area (Å²) in [6.07, 6.45) is 0.909. The predicted octanol–water partition coefficient (Wildman–Crippen LogP) is 2.06. The molecule has 0 aliphatic rings. The molecule has 1 aromatic heterocycles. The smallest absolute Gasteiger partial charge is 0.234 e. The van der Waals surface area contributed by atoms with Gasteiger partial charge in [0.15, 0.2) is 0 Å². The van der Waals surface area contributed by atoms with Crippen LogP contribution in [0.2, 0.25) is 4.34 Å². The zero-order valence-corrected chi connectivity index (χ0v) is 11.1. The van der Waals surface area contributed by atoms with Crippen LogP contribution in [-0.4, -0.2) is 25.0 Å². The SMILES string of the molecule is CC(C)NC(=O)CNCCc1ccc(Cl)s1. The van der Waals surface area contributed by atoms with Crippen molar-refractivity contribution in [2.75, 3.05) is 13.1 Å². The summed E-state index contributed by atoms with van der Waals surface area (Å²) < 4.78 is 0.813. The molecule has 5 heteroatoms. The fourth-order valence-corrected chi connectivity index (χ4v) is 2.36. The van der Waals surface area contributed by atoms with Gasteiger partial charge in [-0.1, -0.05) is 11.6 Å². The summed E-state index contributed by atoms with van der Waals surface area (Å²) >= 11 is 7.40. The summed E-state index contributed by atoms with van der Waals surface area (Å²) in [6, 6.07) is 4.11. The van der Waals surface area contributed by atoms with Crippen molar-refractivity contribution in [3.63, 3.8) is 0 Å². The molecular formula is C11H17ClN2OS. The molecule has 16 heavy (non-hydrogen) atoms. The zero-order chi connectivity index (χ0) is 12.0. The third-order valence-corrected chi connectivity index (χ3v) is 3.20. The Hall–Kier alpha value is -0.580. The second-order valence-corrected chi connectivity index (χ2v) is 5.65. The quantitative estimate of drug-likeness (QED) is 0.769. The van der Waals surface area contributed by atoms with Crippen LogP contribution in [0, 0.1) is 0 Å². The highest BCUT2D eigenvalue weighted by molar-refractivity contribution is 7.16. The molecule has 0 saturated heterocycles. The van der Waals surface area contributed by atoms with Gasteiger partial charge >= 0.3 is 0 Å². The molecule has 0 bridgehead atoms. The number of carbonyl (C=O) groups is 1. The van der Waals surface area contributed by atoms with Gasteiger partial charge in [0.05, 0.1) is 10.9 Å². The van der Waals surface area contributed by atoms with Gasteiger partial charge in [0.2, 0.25) is 5.91 Å². The Morgan fingerprint density at radius 1 is 1.50 bits per heavy atom. The molecular weight excluding hydrogens is 244 g/mol. The second kappa shape index (κ2) is 6.89. The van der Waals surface area contributed by atoms with Gasteiger partial charge in [-0.25, -0.2) is 0 Å². The molecule has 0 spiro atoms. The molecule has 1 heterocycles. The number of hydrogen-bond acceptors (Lipinski definition) is 3. The molecule has 90 valence electrons. The number of hydrogen-bond donors (Lipinski definition) is 2. The van der Waals surface area contributed by atoms with Gasteiger partial charge in [0.25, 0.3) is 0 Å². The van der Waals surface area contributed by atoms with E-state index in [-0.39, 0.29) is 11.9 Å². The number of carbonyl (C=O) groups excluding carboxylic acids is 1. The van der Waals surface area contributed by atoms with Crippen LogP contribution in [0.5, 0.6) is 0 Å². The lowest BCUT2D eigenvalue weighted by atomic mass is 10.3. The van der Waals surface area contributed by atoms with Gasteiger partial charge < -0.3 is 10.6 Å². The molecule has 0 unspecified atom stereocenters. The predicted molar refractivity (Wildman–Crippen MR) is 69.2 cm³/mol. The lowest BCUT2D eigenvalue weighted by molar-refractivity contribution is -0.120. The molecule has 3 nitrogen and oxygen atoms in total. The fraction of sp³-hybridized carbons (Fsp3) is 0.545. The number of thiophene rings is 1. The van der Waals surface area contributed by atoms with Crippen LogP contribution in [0.15, 0.2) is 12.1 Å². The van der Waals surface area contributed by atoms with Gasteiger partial charge in [-0.3, -0.25) is 4.79 Å². The first-order chi connectivity index (χ1) is 7.58. The molecule has 0 aromatic carbocycles. The van der Waals surface area contributed by atoms with E-state index in [2.05, 4.69) is 10.6 Å². The Morgan fingerprint density at radius 3 is 2.81 bits per heavy atom. The molecule has 1 aromatic rings. The molecule has 0 aliphatic carbocycles. The average molecular weight is 261 g/mol. The summed E-state index contributed by atoms with van der Waals surface area (Å²) in [5, 5.41) is 5.93. The summed E-state index contributed by atoms with van der Waals surface area (Å²) in [5.74, 6) is 0.0409. The van der Waals surface area contributed by atoms with E-state index in [1.165, 1.54) is 4.88 Å². The summed E-state index contributed by atoms with van der Waals surface area (Å²) in [4.78, 5) is 12.5. The molecule has 2 N–H and O–H groups in total.